The van der Waals surface area contributed by atoms with Gasteiger partial charge in [-0.25, -0.2) is 10.5 Å². The topological polar surface area (TPSA) is 78.0 Å². The SMILES string of the molecule is O=C(NO)c1ccc2nc(-c3ccc(-c4ccc(C(F)(F)F)cc4)cc3)[nH]c2c1. The molecule has 1 aromatic heterocycles. The van der Waals surface area contributed by atoms with Crippen molar-refractivity contribution >= 4 is 16.9 Å². The zero-order valence-electron chi connectivity index (χ0n) is 14.8. The fraction of sp³-hybridized carbons (Fsp3) is 0.0476. The predicted molar refractivity (Wildman–Crippen MR) is 101 cm³/mol. The van der Waals surface area contributed by atoms with Crippen molar-refractivity contribution in [3.63, 3.8) is 0 Å². The molecular formula is C21H14F3N3O2. The first-order chi connectivity index (χ1) is 13.8. The fourth-order valence-electron chi connectivity index (χ4n) is 3.02. The van der Waals surface area contributed by atoms with Crippen molar-refractivity contribution in [2.75, 3.05) is 0 Å². The molecule has 29 heavy (non-hydrogen) atoms. The first-order valence-electron chi connectivity index (χ1n) is 8.57. The molecule has 0 spiro atoms. The van der Waals surface area contributed by atoms with Gasteiger partial charge in [0.25, 0.3) is 5.91 Å². The standard InChI is InChI=1S/C21H14F3N3O2/c22-21(23,24)16-8-5-13(6-9-16)12-1-3-14(4-2-12)19-25-17-10-7-15(20(28)27-29)11-18(17)26-19/h1-11,29H,(H,25,26)(H,27,28). The largest absolute Gasteiger partial charge is 0.416 e. The lowest BCUT2D eigenvalue weighted by Gasteiger charge is -2.08. The predicted octanol–water partition coefficient (Wildman–Crippen LogP) is 5.03. The normalized spacial score (nSPS) is 11.6. The molecule has 5 nitrogen and oxygen atoms in total. The Bertz CT molecular complexity index is 1180. The number of alkyl halides is 3. The first kappa shape index (κ1) is 18.7. The number of H-pyrrole nitrogens is 1. The van der Waals surface area contributed by atoms with Crippen LogP contribution in [0, 0.1) is 0 Å². The zero-order chi connectivity index (χ0) is 20.6. The summed E-state index contributed by atoms with van der Waals surface area (Å²) < 4.78 is 38.1. The molecule has 0 saturated heterocycles. The van der Waals surface area contributed by atoms with Gasteiger partial charge in [-0.2, -0.15) is 13.2 Å². The van der Waals surface area contributed by atoms with E-state index >= 15 is 0 Å². The summed E-state index contributed by atoms with van der Waals surface area (Å²) in [6.45, 7) is 0. The number of halogens is 3. The van der Waals surface area contributed by atoms with E-state index in [4.69, 9.17) is 5.21 Å². The molecule has 0 saturated carbocycles. The van der Waals surface area contributed by atoms with Crippen LogP contribution in [0.5, 0.6) is 0 Å². The van der Waals surface area contributed by atoms with Crippen LogP contribution in [-0.2, 0) is 6.18 Å². The Morgan fingerprint density at radius 2 is 1.48 bits per heavy atom. The maximum Gasteiger partial charge on any atom is 0.416 e. The molecule has 3 aromatic carbocycles. The minimum atomic E-state index is -4.36. The second kappa shape index (κ2) is 7.06. The summed E-state index contributed by atoms with van der Waals surface area (Å²) >= 11 is 0. The average molecular weight is 397 g/mol. The fourth-order valence-corrected chi connectivity index (χ4v) is 3.02. The van der Waals surface area contributed by atoms with Crippen molar-refractivity contribution in [3.05, 3.63) is 77.9 Å². The van der Waals surface area contributed by atoms with Gasteiger partial charge in [0.2, 0.25) is 0 Å². The van der Waals surface area contributed by atoms with E-state index in [9.17, 15) is 18.0 Å². The van der Waals surface area contributed by atoms with Gasteiger partial charge in [0.15, 0.2) is 0 Å². The highest BCUT2D eigenvalue weighted by Crippen LogP contribution is 2.31. The van der Waals surface area contributed by atoms with Gasteiger partial charge in [0.1, 0.15) is 5.82 Å². The van der Waals surface area contributed by atoms with E-state index in [2.05, 4.69) is 9.97 Å². The Morgan fingerprint density at radius 1 is 0.897 bits per heavy atom. The number of nitrogens with one attached hydrogen (secondary N) is 2. The first-order valence-corrected chi connectivity index (χ1v) is 8.57. The van der Waals surface area contributed by atoms with Gasteiger partial charge in [-0.15, -0.1) is 0 Å². The Balaban J connectivity index is 1.61. The molecule has 0 aliphatic rings. The average Bonchev–Trinajstić information content (AvgIpc) is 3.16. The van der Waals surface area contributed by atoms with Crippen LogP contribution in [0.4, 0.5) is 13.2 Å². The molecule has 4 aromatic rings. The third-order valence-electron chi connectivity index (χ3n) is 4.55. The number of imidazole rings is 1. The number of hydrogen-bond acceptors (Lipinski definition) is 3. The number of fused-ring (bicyclic) bond motifs is 1. The van der Waals surface area contributed by atoms with Crippen molar-refractivity contribution in [2.45, 2.75) is 6.18 Å². The monoisotopic (exact) mass is 397 g/mol. The molecule has 0 aliphatic heterocycles. The summed E-state index contributed by atoms with van der Waals surface area (Å²) in [6, 6.07) is 17.0. The molecule has 4 rings (SSSR count). The van der Waals surface area contributed by atoms with E-state index in [1.165, 1.54) is 12.1 Å². The summed E-state index contributed by atoms with van der Waals surface area (Å²) in [5.41, 5.74) is 4.70. The van der Waals surface area contributed by atoms with Gasteiger partial charge in [-0.3, -0.25) is 10.0 Å². The molecule has 0 bridgehead atoms. The van der Waals surface area contributed by atoms with Crippen LogP contribution in [0.1, 0.15) is 15.9 Å². The number of nitrogens with zero attached hydrogens (tertiary/aromatic N) is 1. The molecule has 146 valence electrons. The van der Waals surface area contributed by atoms with Crippen LogP contribution in [0.25, 0.3) is 33.5 Å². The van der Waals surface area contributed by atoms with Crippen molar-refractivity contribution in [1.29, 1.82) is 0 Å². The van der Waals surface area contributed by atoms with Crippen LogP contribution in [0.15, 0.2) is 66.7 Å². The summed E-state index contributed by atoms with van der Waals surface area (Å²) in [4.78, 5) is 19.1. The number of aromatic nitrogens is 2. The van der Waals surface area contributed by atoms with Crippen molar-refractivity contribution in [1.82, 2.24) is 15.4 Å². The van der Waals surface area contributed by atoms with Crippen molar-refractivity contribution < 1.29 is 23.2 Å². The lowest BCUT2D eigenvalue weighted by molar-refractivity contribution is -0.137. The maximum atomic E-state index is 12.7. The summed E-state index contributed by atoms with van der Waals surface area (Å²) in [6.07, 6.45) is -4.36. The number of amides is 1. The smallest absolute Gasteiger partial charge is 0.338 e. The van der Waals surface area contributed by atoms with Crippen LogP contribution in [0.2, 0.25) is 0 Å². The van der Waals surface area contributed by atoms with E-state index in [-0.39, 0.29) is 5.56 Å². The molecule has 0 aliphatic carbocycles. The highest BCUT2D eigenvalue weighted by Gasteiger charge is 2.29. The lowest BCUT2D eigenvalue weighted by Crippen LogP contribution is -2.18. The van der Waals surface area contributed by atoms with E-state index < -0.39 is 17.6 Å². The second-order valence-electron chi connectivity index (χ2n) is 6.41. The van der Waals surface area contributed by atoms with E-state index in [0.717, 1.165) is 23.3 Å². The van der Waals surface area contributed by atoms with Gasteiger partial charge >= 0.3 is 6.18 Å². The van der Waals surface area contributed by atoms with E-state index in [0.29, 0.717) is 22.4 Å². The molecule has 1 amide bonds. The van der Waals surface area contributed by atoms with Gasteiger partial charge < -0.3 is 4.98 Å². The number of hydrogen-bond donors (Lipinski definition) is 3. The number of benzene rings is 3. The quantitative estimate of drug-likeness (QED) is 0.335. The molecule has 0 unspecified atom stereocenters. The number of hydroxylamine groups is 1. The number of carbonyl (C=O) groups is 1. The Kier molecular flexibility index (Phi) is 4.56. The minimum absolute atomic E-state index is 0.285. The van der Waals surface area contributed by atoms with Crippen molar-refractivity contribution in [2.24, 2.45) is 0 Å². The molecule has 8 heteroatoms. The Hall–Kier alpha value is -3.65. The second-order valence-corrected chi connectivity index (χ2v) is 6.41. The Morgan fingerprint density at radius 3 is 2.07 bits per heavy atom. The summed E-state index contributed by atoms with van der Waals surface area (Å²) in [7, 11) is 0. The number of aromatic amines is 1. The van der Waals surface area contributed by atoms with Gasteiger partial charge in [-0.05, 0) is 41.5 Å². The van der Waals surface area contributed by atoms with Gasteiger partial charge in [0, 0.05) is 11.1 Å². The third kappa shape index (κ3) is 3.70. The third-order valence-corrected chi connectivity index (χ3v) is 4.55. The summed E-state index contributed by atoms with van der Waals surface area (Å²) in [5, 5.41) is 8.74. The lowest BCUT2D eigenvalue weighted by atomic mass is 10.0. The van der Waals surface area contributed by atoms with E-state index in [1.807, 2.05) is 12.1 Å². The molecular weight excluding hydrogens is 383 g/mol. The van der Waals surface area contributed by atoms with Crippen LogP contribution in [0.3, 0.4) is 0 Å². The van der Waals surface area contributed by atoms with Crippen LogP contribution < -0.4 is 5.48 Å². The summed E-state index contributed by atoms with van der Waals surface area (Å²) in [5.74, 6) is -0.0375. The number of rotatable bonds is 3. The van der Waals surface area contributed by atoms with Crippen LogP contribution >= 0.6 is 0 Å². The molecule has 0 atom stereocenters. The zero-order valence-corrected chi connectivity index (χ0v) is 14.8. The van der Waals surface area contributed by atoms with Gasteiger partial charge in [0.05, 0.1) is 16.6 Å². The minimum Gasteiger partial charge on any atom is -0.338 e. The van der Waals surface area contributed by atoms with Crippen molar-refractivity contribution in [3.8, 4) is 22.5 Å². The highest BCUT2D eigenvalue weighted by molar-refractivity contribution is 5.97. The molecule has 0 radical (unpaired) electrons. The number of carbonyl (C=O) groups excluding carboxylic acids is 1. The Labute approximate surface area is 162 Å². The van der Waals surface area contributed by atoms with Gasteiger partial charge in [-0.1, -0.05) is 36.4 Å². The molecule has 0 fully saturated rings. The highest BCUT2D eigenvalue weighted by atomic mass is 19.4. The molecule has 1 heterocycles. The maximum absolute atomic E-state index is 12.7. The van der Waals surface area contributed by atoms with E-state index in [1.54, 1.807) is 35.8 Å². The van der Waals surface area contributed by atoms with Crippen LogP contribution in [-0.4, -0.2) is 21.1 Å². The molecule has 3 N–H and O–H groups in total.